The van der Waals surface area contributed by atoms with E-state index >= 15 is 0 Å². The van der Waals surface area contributed by atoms with Crippen molar-refractivity contribution in [2.45, 2.75) is 0 Å². The second-order valence-corrected chi connectivity index (χ2v) is 0. The SMILES string of the molecule is [I-].[I-].[I-].[K+].[Mn+2]. The summed E-state index contributed by atoms with van der Waals surface area (Å²) in [5, 5.41) is 0. The van der Waals surface area contributed by atoms with E-state index in [1.807, 2.05) is 0 Å². The van der Waals surface area contributed by atoms with Crippen molar-refractivity contribution in [1.82, 2.24) is 0 Å². The fourth-order valence-corrected chi connectivity index (χ4v) is 0. The van der Waals surface area contributed by atoms with Gasteiger partial charge in [-0.25, -0.2) is 0 Å². The summed E-state index contributed by atoms with van der Waals surface area (Å²) in [6.45, 7) is 0. The van der Waals surface area contributed by atoms with Crippen LogP contribution < -0.4 is 123 Å². The molecule has 0 bridgehead atoms. The average molecular weight is 475 g/mol. The van der Waals surface area contributed by atoms with Crippen LogP contribution in [-0.4, -0.2) is 0 Å². The molecule has 0 aromatic heterocycles. The fourth-order valence-electron chi connectivity index (χ4n) is 0. The largest absolute Gasteiger partial charge is 2.00 e. The molecule has 0 amide bonds. The maximum Gasteiger partial charge on any atom is 2.00 e. The summed E-state index contributed by atoms with van der Waals surface area (Å²) < 4.78 is 0. The first-order valence-electron chi connectivity index (χ1n) is 0. The summed E-state index contributed by atoms with van der Waals surface area (Å²) in [7, 11) is 0. The zero-order valence-electron chi connectivity index (χ0n) is 2.51. The van der Waals surface area contributed by atoms with Crippen molar-refractivity contribution in [1.29, 1.82) is 0 Å². The van der Waals surface area contributed by atoms with Crippen LogP contribution in [0.25, 0.3) is 0 Å². The van der Waals surface area contributed by atoms with Gasteiger partial charge in [-0.3, -0.25) is 0 Å². The minimum Gasteiger partial charge on any atom is -1.00 e. The summed E-state index contributed by atoms with van der Waals surface area (Å²) in [5.74, 6) is 0. The van der Waals surface area contributed by atoms with Crippen LogP contribution in [0.3, 0.4) is 0 Å². The Morgan fingerprint density at radius 3 is 0.600 bits per heavy atom. The van der Waals surface area contributed by atoms with Crippen molar-refractivity contribution in [2.24, 2.45) is 0 Å². The van der Waals surface area contributed by atoms with Gasteiger partial charge in [0, 0.05) is 0 Å². The Hall–Kier alpha value is 4.35. The van der Waals surface area contributed by atoms with Gasteiger partial charge in [0.2, 0.25) is 0 Å². The molecule has 0 saturated heterocycles. The van der Waals surface area contributed by atoms with E-state index in [-0.39, 0.29) is 140 Å². The van der Waals surface area contributed by atoms with Crippen LogP contribution in [0.15, 0.2) is 0 Å². The van der Waals surface area contributed by atoms with Crippen LogP contribution in [0.1, 0.15) is 0 Å². The minimum absolute atomic E-state index is 0. The molecule has 5 heteroatoms. The van der Waals surface area contributed by atoms with Gasteiger partial charge in [0.25, 0.3) is 0 Å². The molecule has 29 valence electrons. The monoisotopic (exact) mass is 475 g/mol. The van der Waals surface area contributed by atoms with Gasteiger partial charge >= 0.3 is 68.5 Å². The Balaban J connectivity index is 0. The summed E-state index contributed by atoms with van der Waals surface area (Å²) in [6, 6.07) is 0. The van der Waals surface area contributed by atoms with E-state index in [2.05, 4.69) is 0 Å². The molecule has 0 aliphatic rings. The van der Waals surface area contributed by atoms with Crippen LogP contribution >= 0.6 is 0 Å². The number of halogens is 3. The third kappa shape index (κ3) is 17.8. The van der Waals surface area contributed by atoms with Gasteiger partial charge in [-0.1, -0.05) is 0 Å². The standard InChI is InChI=1S/3HI.K.Mn/h3*1H;;/q;;;+1;+2/p-3. The molecule has 0 rings (SSSR count). The quantitative estimate of drug-likeness (QED) is 0.242. The average Bonchev–Trinajstić information content (AvgIpc) is 0. The molecule has 1 radical (unpaired) electrons. The summed E-state index contributed by atoms with van der Waals surface area (Å²) in [5.41, 5.74) is 0. The van der Waals surface area contributed by atoms with Crippen molar-refractivity contribution >= 4 is 0 Å². The molecule has 0 aliphatic carbocycles. The molecule has 0 atom stereocenters. The molecule has 0 aliphatic heterocycles. The van der Waals surface area contributed by atoms with Crippen molar-refractivity contribution in [3.63, 3.8) is 0 Å². The van der Waals surface area contributed by atoms with Crippen LogP contribution in [0, 0.1) is 0 Å². The Bertz CT molecular complexity index is 6.85. The van der Waals surface area contributed by atoms with E-state index in [0.29, 0.717) is 0 Å². The van der Waals surface area contributed by atoms with Crippen LogP contribution in [0.4, 0.5) is 0 Å². The second kappa shape index (κ2) is 23.8. The molecular formula is I3KMn. The summed E-state index contributed by atoms with van der Waals surface area (Å²) in [6.07, 6.45) is 0. The Morgan fingerprint density at radius 2 is 0.600 bits per heavy atom. The first kappa shape index (κ1) is 34.5. The maximum absolute atomic E-state index is 0. The molecule has 0 N–H and O–H groups in total. The zero-order chi connectivity index (χ0) is 0. The molecule has 0 aromatic rings. The Labute approximate surface area is 136 Å². The van der Waals surface area contributed by atoms with Crippen LogP contribution in [0.5, 0.6) is 0 Å². The Morgan fingerprint density at radius 1 is 0.600 bits per heavy atom. The fraction of sp³-hybridized carbons (Fsp3) is 0. The van der Waals surface area contributed by atoms with Gasteiger partial charge in [0.15, 0.2) is 0 Å². The number of rotatable bonds is 0. The zero-order valence-corrected chi connectivity index (χ0v) is 13.3. The van der Waals surface area contributed by atoms with Crippen molar-refractivity contribution in [3.8, 4) is 0 Å². The van der Waals surface area contributed by atoms with E-state index < -0.39 is 0 Å². The summed E-state index contributed by atoms with van der Waals surface area (Å²) >= 11 is 0. The predicted molar refractivity (Wildman–Crippen MR) is 0 cm³/mol. The Kier molecular flexibility index (Phi) is 164. The maximum atomic E-state index is 0. The molecule has 5 heavy (non-hydrogen) atoms. The van der Waals surface area contributed by atoms with Crippen LogP contribution in [-0.2, 0) is 17.1 Å². The molecule has 0 heterocycles. The van der Waals surface area contributed by atoms with Gasteiger partial charge in [-0.05, 0) is 0 Å². The first-order valence-corrected chi connectivity index (χ1v) is 0. The third-order valence-corrected chi connectivity index (χ3v) is 0. The van der Waals surface area contributed by atoms with E-state index in [4.69, 9.17) is 0 Å². The van der Waals surface area contributed by atoms with E-state index in [1.165, 1.54) is 0 Å². The molecule has 0 aromatic carbocycles. The van der Waals surface area contributed by atoms with Gasteiger partial charge in [0.1, 0.15) is 0 Å². The molecular weight excluding hydrogens is 475 g/mol. The summed E-state index contributed by atoms with van der Waals surface area (Å²) in [4.78, 5) is 0. The van der Waals surface area contributed by atoms with Gasteiger partial charge in [-0.2, -0.15) is 0 Å². The molecule has 0 nitrogen and oxygen atoms in total. The molecule has 0 spiro atoms. The third-order valence-electron chi connectivity index (χ3n) is 0. The van der Waals surface area contributed by atoms with Crippen LogP contribution in [0.2, 0.25) is 0 Å². The smallest absolute Gasteiger partial charge is 1.00 e. The van der Waals surface area contributed by atoms with Crippen molar-refractivity contribution in [2.75, 3.05) is 0 Å². The first-order chi connectivity index (χ1) is 0. The van der Waals surface area contributed by atoms with Gasteiger partial charge < -0.3 is 71.9 Å². The van der Waals surface area contributed by atoms with E-state index in [9.17, 15) is 0 Å². The van der Waals surface area contributed by atoms with Crippen molar-refractivity contribution in [3.05, 3.63) is 0 Å². The molecule has 0 fully saturated rings. The predicted octanol–water partition coefficient (Wildman–Crippen LogP) is -12.0. The molecule has 0 saturated carbocycles. The second-order valence-electron chi connectivity index (χ2n) is 0. The van der Waals surface area contributed by atoms with Crippen molar-refractivity contribution < 1.29 is 140 Å². The number of hydrogen-bond donors (Lipinski definition) is 0. The van der Waals surface area contributed by atoms with E-state index in [0.717, 1.165) is 0 Å². The van der Waals surface area contributed by atoms with E-state index in [1.54, 1.807) is 0 Å². The van der Waals surface area contributed by atoms with Gasteiger partial charge in [0.05, 0.1) is 0 Å². The van der Waals surface area contributed by atoms with Gasteiger partial charge in [-0.15, -0.1) is 0 Å². The molecule has 0 unspecified atom stereocenters. The topological polar surface area (TPSA) is 0 Å². The minimum atomic E-state index is 0. The number of hydrogen-bond acceptors (Lipinski definition) is 0. The normalized spacial score (nSPS) is 0.